The molecule has 0 aliphatic heterocycles. The number of rotatable bonds is 4. The van der Waals surface area contributed by atoms with Gasteiger partial charge in [-0.3, -0.25) is 0 Å². The maximum absolute atomic E-state index is 9.54. The van der Waals surface area contributed by atoms with Crippen LogP contribution in [0.4, 0.5) is 0 Å². The number of hydrogen-bond donors (Lipinski definition) is 0. The minimum absolute atomic E-state index is 0.297. The minimum Gasteiger partial charge on any atom is -0.208 e. The largest absolute Gasteiger partial charge is 0.208 e. The average Bonchev–Trinajstić information content (AvgIpc) is 3.00. The van der Waals surface area contributed by atoms with E-state index >= 15 is 0 Å². The van der Waals surface area contributed by atoms with E-state index in [0.29, 0.717) is 28.5 Å². The second-order valence-electron chi connectivity index (χ2n) is 12.5. The van der Waals surface area contributed by atoms with Crippen molar-refractivity contribution in [3.05, 3.63) is 102 Å². The SMILES string of the molecule is C[C@@H]1CC2C[C@H](C)CC(c3ccc(-c4nc(-c5ccccc5)nc(-c5ccc6c(C#N)cccc6c5)n4)cc3)(C2)C1. The van der Waals surface area contributed by atoms with Gasteiger partial charge in [-0.1, -0.05) is 92.7 Å². The van der Waals surface area contributed by atoms with Gasteiger partial charge in [0.1, 0.15) is 0 Å². The molecule has 4 heteroatoms. The van der Waals surface area contributed by atoms with Gasteiger partial charge in [0, 0.05) is 16.7 Å². The lowest BCUT2D eigenvalue weighted by Gasteiger charge is -2.50. The quantitative estimate of drug-likeness (QED) is 0.231. The van der Waals surface area contributed by atoms with Gasteiger partial charge in [-0.05, 0) is 83.7 Å². The van der Waals surface area contributed by atoms with E-state index in [1.807, 2.05) is 60.7 Å². The van der Waals surface area contributed by atoms with Gasteiger partial charge in [0.05, 0.1) is 11.6 Å². The van der Waals surface area contributed by atoms with E-state index in [1.165, 1.54) is 37.7 Å². The van der Waals surface area contributed by atoms with Gasteiger partial charge in [-0.2, -0.15) is 5.26 Å². The molecule has 2 bridgehead atoms. The molecular weight excluding hydrogens is 500 g/mol. The number of benzene rings is 4. The lowest BCUT2D eigenvalue weighted by atomic mass is 9.54. The fourth-order valence-corrected chi connectivity index (χ4v) is 7.90. The van der Waals surface area contributed by atoms with Crippen molar-refractivity contribution in [2.75, 3.05) is 0 Å². The van der Waals surface area contributed by atoms with Crippen LogP contribution in [-0.4, -0.2) is 15.0 Å². The van der Waals surface area contributed by atoms with Crippen LogP contribution in [0.5, 0.6) is 0 Å². The van der Waals surface area contributed by atoms with Crippen molar-refractivity contribution in [3.8, 4) is 40.2 Å². The highest BCUT2D eigenvalue weighted by Crippen LogP contribution is 2.54. The molecule has 202 valence electrons. The van der Waals surface area contributed by atoms with E-state index in [9.17, 15) is 5.26 Å². The Morgan fingerprint density at radius 1 is 0.659 bits per heavy atom. The van der Waals surface area contributed by atoms with Gasteiger partial charge >= 0.3 is 0 Å². The third-order valence-corrected chi connectivity index (χ3v) is 9.31. The Morgan fingerprint density at radius 3 is 1.93 bits per heavy atom. The van der Waals surface area contributed by atoms with Gasteiger partial charge in [-0.15, -0.1) is 0 Å². The second kappa shape index (κ2) is 10.2. The molecule has 2 unspecified atom stereocenters. The van der Waals surface area contributed by atoms with Crippen molar-refractivity contribution in [3.63, 3.8) is 0 Å². The van der Waals surface area contributed by atoms with Gasteiger partial charge in [-0.25, -0.2) is 15.0 Å². The zero-order valence-electron chi connectivity index (χ0n) is 23.7. The topological polar surface area (TPSA) is 62.5 Å². The molecule has 0 N–H and O–H groups in total. The van der Waals surface area contributed by atoms with Crippen LogP contribution in [0.15, 0.2) is 91.0 Å². The highest BCUT2D eigenvalue weighted by atomic mass is 15.0. The summed E-state index contributed by atoms with van der Waals surface area (Å²) >= 11 is 0. The molecule has 1 heterocycles. The first kappa shape index (κ1) is 25.6. The van der Waals surface area contributed by atoms with Crippen molar-refractivity contribution in [2.24, 2.45) is 17.8 Å². The van der Waals surface area contributed by atoms with E-state index < -0.39 is 0 Å². The Kier molecular flexibility index (Phi) is 6.39. The summed E-state index contributed by atoms with van der Waals surface area (Å²) in [6.45, 7) is 4.88. The molecule has 0 radical (unpaired) electrons. The zero-order valence-corrected chi connectivity index (χ0v) is 23.7. The molecule has 2 aliphatic carbocycles. The lowest BCUT2D eigenvalue weighted by molar-refractivity contribution is 0.0780. The molecule has 2 aliphatic rings. The molecule has 41 heavy (non-hydrogen) atoms. The van der Waals surface area contributed by atoms with Crippen LogP contribution in [-0.2, 0) is 5.41 Å². The normalized spacial score (nSPS) is 23.7. The first-order valence-electron chi connectivity index (χ1n) is 14.9. The molecule has 4 aromatic carbocycles. The zero-order chi connectivity index (χ0) is 28.0. The summed E-state index contributed by atoms with van der Waals surface area (Å²) in [6.07, 6.45) is 6.66. The molecule has 2 saturated carbocycles. The summed E-state index contributed by atoms with van der Waals surface area (Å²) in [4.78, 5) is 14.8. The number of aromatic nitrogens is 3. The van der Waals surface area contributed by atoms with Crippen LogP contribution in [0.2, 0.25) is 0 Å². The van der Waals surface area contributed by atoms with Gasteiger partial charge in [0.2, 0.25) is 0 Å². The van der Waals surface area contributed by atoms with Crippen LogP contribution in [0, 0.1) is 29.1 Å². The molecule has 0 spiro atoms. The average molecular weight is 535 g/mol. The van der Waals surface area contributed by atoms with E-state index in [-0.39, 0.29) is 0 Å². The molecule has 2 fully saturated rings. The third-order valence-electron chi connectivity index (χ3n) is 9.31. The Labute approximate surface area is 242 Å². The van der Waals surface area contributed by atoms with Gasteiger partial charge < -0.3 is 0 Å². The summed E-state index contributed by atoms with van der Waals surface area (Å²) in [5.74, 6) is 4.39. The third kappa shape index (κ3) is 4.80. The molecule has 0 saturated heterocycles. The molecular formula is C37H34N4. The summed E-state index contributed by atoms with van der Waals surface area (Å²) in [6, 6.07) is 33.4. The maximum atomic E-state index is 9.54. The number of nitrogens with zero attached hydrogens (tertiary/aromatic N) is 4. The summed E-state index contributed by atoms with van der Waals surface area (Å²) in [5.41, 5.74) is 5.31. The maximum Gasteiger partial charge on any atom is 0.164 e. The number of fused-ring (bicyclic) bond motifs is 3. The smallest absolute Gasteiger partial charge is 0.164 e. The number of nitriles is 1. The predicted octanol–water partition coefficient (Wildman–Crippen LogP) is 9.00. The Hall–Kier alpha value is -4.36. The molecule has 4 atom stereocenters. The standard InChI is InChI=1S/C37H34N4/c1-24-17-26-18-25(2)21-37(20-24,22-26)32-14-11-28(12-15-32)35-39-34(27-7-4-3-5-8-27)40-36(41-35)30-13-16-33-29(19-30)9-6-10-31(33)23-38/h3-16,19,24-26H,17-18,20-22H2,1-2H3/t24-,25+,26?,37?. The highest BCUT2D eigenvalue weighted by molar-refractivity contribution is 5.91. The summed E-state index contributed by atoms with van der Waals surface area (Å²) in [5, 5.41) is 11.5. The molecule has 7 rings (SSSR count). The van der Waals surface area contributed by atoms with Crippen molar-refractivity contribution in [1.82, 2.24) is 15.0 Å². The van der Waals surface area contributed by atoms with Crippen LogP contribution in [0.25, 0.3) is 44.9 Å². The van der Waals surface area contributed by atoms with Gasteiger partial charge in [0.15, 0.2) is 17.5 Å². The summed E-state index contributed by atoms with van der Waals surface area (Å²) in [7, 11) is 0. The van der Waals surface area contributed by atoms with Crippen LogP contribution >= 0.6 is 0 Å². The first-order valence-corrected chi connectivity index (χ1v) is 14.9. The predicted molar refractivity (Wildman–Crippen MR) is 165 cm³/mol. The fourth-order valence-electron chi connectivity index (χ4n) is 7.90. The Morgan fingerprint density at radius 2 is 1.27 bits per heavy atom. The van der Waals surface area contributed by atoms with Crippen molar-refractivity contribution in [2.45, 2.75) is 51.4 Å². The van der Waals surface area contributed by atoms with E-state index in [2.05, 4.69) is 50.2 Å². The van der Waals surface area contributed by atoms with Gasteiger partial charge in [0.25, 0.3) is 0 Å². The fraction of sp³-hybridized carbons (Fsp3) is 0.297. The van der Waals surface area contributed by atoms with Crippen LogP contribution in [0.3, 0.4) is 0 Å². The first-order chi connectivity index (χ1) is 20.0. The van der Waals surface area contributed by atoms with Crippen molar-refractivity contribution in [1.29, 1.82) is 5.26 Å². The summed E-state index contributed by atoms with van der Waals surface area (Å²) < 4.78 is 0. The molecule has 0 amide bonds. The van der Waals surface area contributed by atoms with E-state index in [4.69, 9.17) is 15.0 Å². The van der Waals surface area contributed by atoms with Crippen molar-refractivity contribution >= 4 is 10.8 Å². The molecule has 1 aromatic heterocycles. The van der Waals surface area contributed by atoms with Crippen LogP contribution in [0.1, 0.15) is 57.1 Å². The Bertz CT molecular complexity index is 1750. The highest BCUT2D eigenvalue weighted by Gasteiger charge is 2.45. The van der Waals surface area contributed by atoms with E-state index in [0.717, 1.165) is 45.2 Å². The minimum atomic E-state index is 0.297. The molecule has 4 nitrogen and oxygen atoms in total. The second-order valence-corrected chi connectivity index (χ2v) is 12.5. The Balaban J connectivity index is 1.31. The molecule has 5 aromatic rings. The van der Waals surface area contributed by atoms with Crippen molar-refractivity contribution < 1.29 is 0 Å². The number of hydrogen-bond acceptors (Lipinski definition) is 4. The lowest BCUT2D eigenvalue weighted by Crippen LogP contribution is -2.42. The van der Waals surface area contributed by atoms with E-state index in [1.54, 1.807) is 0 Å². The van der Waals surface area contributed by atoms with Crippen LogP contribution < -0.4 is 0 Å². The monoisotopic (exact) mass is 534 g/mol.